The van der Waals surface area contributed by atoms with Crippen molar-refractivity contribution in [1.82, 2.24) is 9.80 Å². The van der Waals surface area contributed by atoms with Crippen LogP contribution in [0.1, 0.15) is 12.8 Å². The second-order valence-corrected chi connectivity index (χ2v) is 5.55. The van der Waals surface area contributed by atoms with Crippen molar-refractivity contribution >= 4 is 20.1 Å². The molecule has 0 radical (unpaired) electrons. The normalized spacial score (nSPS) is 20.5. The molecule has 0 spiro atoms. The summed E-state index contributed by atoms with van der Waals surface area (Å²) in [4.78, 5) is 4.85. The van der Waals surface area contributed by atoms with Crippen LogP contribution >= 0.6 is 12.4 Å². The predicted molar refractivity (Wildman–Crippen MR) is 90.1 cm³/mol. The fourth-order valence-electron chi connectivity index (χ4n) is 2.61. The molecule has 0 N–H and O–H groups in total. The van der Waals surface area contributed by atoms with Crippen LogP contribution < -0.4 is 0 Å². The number of morpholine rings is 2. The van der Waals surface area contributed by atoms with Crippen LogP contribution in [0.4, 0.5) is 0 Å². The second kappa shape index (κ2) is 13.5. The maximum Gasteiger partial charge on any atom is 0.438 e. The molecule has 2 heterocycles. The van der Waals surface area contributed by atoms with Gasteiger partial charge in [0.2, 0.25) is 0 Å². The average molecular weight is 337 g/mol. The molecule has 0 bridgehead atoms. The summed E-state index contributed by atoms with van der Waals surface area (Å²) in [6.07, 6.45) is 2.13. The molecule has 2 rings (SSSR count). The van der Waals surface area contributed by atoms with E-state index in [9.17, 15) is 0 Å². The van der Waals surface area contributed by atoms with Crippen LogP contribution in [-0.2, 0) is 18.8 Å². The lowest BCUT2D eigenvalue weighted by atomic mass is 10.3. The van der Waals surface area contributed by atoms with Gasteiger partial charge in [-0.25, -0.2) is 0 Å². The van der Waals surface area contributed by atoms with Crippen molar-refractivity contribution in [2.45, 2.75) is 12.8 Å². The summed E-state index contributed by atoms with van der Waals surface area (Å²) in [6.45, 7) is 11.4. The Balaban J connectivity index is 0.00000242. The van der Waals surface area contributed by atoms with Gasteiger partial charge in [-0.1, -0.05) is 0 Å². The van der Waals surface area contributed by atoms with Crippen LogP contribution in [0.2, 0.25) is 0 Å². The number of halogens is 1. The van der Waals surface area contributed by atoms with E-state index in [4.69, 9.17) is 18.8 Å². The summed E-state index contributed by atoms with van der Waals surface area (Å²) in [5.41, 5.74) is 0. The van der Waals surface area contributed by atoms with Gasteiger partial charge < -0.3 is 18.8 Å². The quantitative estimate of drug-likeness (QED) is 0.418. The molecule has 0 aromatic rings. The molecule has 2 aliphatic rings. The Kier molecular flexibility index (Phi) is 12.4. The highest BCUT2D eigenvalue weighted by Gasteiger charge is 2.10. The molecule has 8 heteroatoms. The van der Waals surface area contributed by atoms with Gasteiger partial charge in [-0.2, -0.15) is 0 Å². The van der Waals surface area contributed by atoms with Crippen molar-refractivity contribution in [2.24, 2.45) is 0 Å². The van der Waals surface area contributed by atoms with Gasteiger partial charge in [-0.05, 0) is 12.8 Å². The zero-order chi connectivity index (χ0) is 14.6. The van der Waals surface area contributed by atoms with Gasteiger partial charge in [0.05, 0.1) is 26.4 Å². The molecule has 2 aliphatic heterocycles. The maximum absolute atomic E-state index is 5.50. The van der Waals surface area contributed by atoms with Crippen LogP contribution in [0.5, 0.6) is 0 Å². The first kappa shape index (κ1) is 20.2. The van der Waals surface area contributed by atoms with Crippen LogP contribution in [0.25, 0.3) is 0 Å². The van der Waals surface area contributed by atoms with E-state index >= 15 is 0 Å². The van der Waals surface area contributed by atoms with E-state index in [2.05, 4.69) is 9.80 Å². The van der Waals surface area contributed by atoms with Gasteiger partial charge in [0, 0.05) is 52.5 Å². The minimum Gasteiger partial charge on any atom is -0.414 e. The fraction of sp³-hybridized carbons (Fsp3) is 1.00. The summed E-state index contributed by atoms with van der Waals surface area (Å²) in [6, 6.07) is 0. The zero-order valence-electron chi connectivity index (χ0n) is 13.5. The van der Waals surface area contributed by atoms with E-state index in [1.807, 2.05) is 0 Å². The van der Waals surface area contributed by atoms with E-state index in [1.165, 1.54) is 0 Å². The summed E-state index contributed by atoms with van der Waals surface area (Å²) in [7, 11) is 0.423. The molecule has 0 unspecified atom stereocenters. The molecule has 0 aliphatic carbocycles. The van der Waals surface area contributed by atoms with Crippen LogP contribution in [0, 0.1) is 0 Å². The molecule has 22 heavy (non-hydrogen) atoms. The zero-order valence-corrected chi connectivity index (χ0v) is 14.4. The molecule has 2 fully saturated rings. The standard InChI is InChI=1S/C14H29BN2O4.ClH/c1(3-16-5-11-18-12-6-16)9-20-15-21-10-2-4-17-7-13-19-14-8-17;/h15H,1-14H2;1H. The molecule has 0 atom stereocenters. The van der Waals surface area contributed by atoms with Gasteiger partial charge >= 0.3 is 7.69 Å². The van der Waals surface area contributed by atoms with Crippen molar-refractivity contribution in [2.75, 3.05) is 78.9 Å². The van der Waals surface area contributed by atoms with Gasteiger partial charge in [0.15, 0.2) is 0 Å². The highest BCUT2D eigenvalue weighted by atomic mass is 35.5. The number of hydrogen-bond donors (Lipinski definition) is 0. The third-order valence-electron chi connectivity index (χ3n) is 3.90. The Hall–Kier alpha value is 0.115. The average Bonchev–Trinajstić information content (AvgIpc) is 2.55. The fourth-order valence-corrected chi connectivity index (χ4v) is 2.61. The lowest BCUT2D eigenvalue weighted by Gasteiger charge is -2.26. The molecular formula is C14H30BClN2O4. The molecule has 0 amide bonds. The highest BCUT2D eigenvalue weighted by Crippen LogP contribution is 1.99. The highest BCUT2D eigenvalue weighted by molar-refractivity contribution is 6.17. The number of hydrogen-bond acceptors (Lipinski definition) is 6. The van der Waals surface area contributed by atoms with E-state index in [-0.39, 0.29) is 12.4 Å². The van der Waals surface area contributed by atoms with E-state index < -0.39 is 0 Å². The van der Waals surface area contributed by atoms with E-state index in [0.717, 1.165) is 91.8 Å². The minimum atomic E-state index is 0. The molecule has 0 aromatic heterocycles. The second-order valence-electron chi connectivity index (χ2n) is 5.55. The molecular weight excluding hydrogens is 306 g/mol. The molecule has 130 valence electrons. The number of ether oxygens (including phenoxy) is 2. The lowest BCUT2D eigenvalue weighted by molar-refractivity contribution is 0.0343. The van der Waals surface area contributed by atoms with Crippen molar-refractivity contribution in [3.05, 3.63) is 0 Å². The summed E-state index contributed by atoms with van der Waals surface area (Å²) in [5.74, 6) is 0. The first-order chi connectivity index (χ1) is 10.4. The first-order valence-corrected chi connectivity index (χ1v) is 8.21. The summed E-state index contributed by atoms with van der Waals surface area (Å²) >= 11 is 0. The van der Waals surface area contributed by atoms with E-state index in [1.54, 1.807) is 0 Å². The summed E-state index contributed by atoms with van der Waals surface area (Å²) < 4.78 is 21.7. The largest absolute Gasteiger partial charge is 0.438 e. The minimum absolute atomic E-state index is 0. The van der Waals surface area contributed by atoms with Crippen LogP contribution in [0.3, 0.4) is 0 Å². The Morgan fingerprint density at radius 3 is 1.55 bits per heavy atom. The third kappa shape index (κ3) is 9.30. The van der Waals surface area contributed by atoms with E-state index in [0.29, 0.717) is 7.69 Å². The van der Waals surface area contributed by atoms with Gasteiger partial charge in [0.1, 0.15) is 0 Å². The SMILES string of the molecule is B(OCCCN1CCOCC1)OCCCN1CCOCC1.Cl. The van der Waals surface area contributed by atoms with Crippen molar-refractivity contribution in [1.29, 1.82) is 0 Å². The Labute approximate surface area is 141 Å². The van der Waals surface area contributed by atoms with Gasteiger partial charge in [-0.15, -0.1) is 12.4 Å². The van der Waals surface area contributed by atoms with Crippen molar-refractivity contribution in [3.63, 3.8) is 0 Å². The Bertz CT molecular complexity index is 231. The molecule has 2 saturated heterocycles. The number of rotatable bonds is 10. The topological polar surface area (TPSA) is 43.4 Å². The van der Waals surface area contributed by atoms with Crippen molar-refractivity contribution in [3.8, 4) is 0 Å². The monoisotopic (exact) mass is 336 g/mol. The first-order valence-electron chi connectivity index (χ1n) is 8.21. The molecule has 0 saturated carbocycles. The smallest absolute Gasteiger partial charge is 0.414 e. The summed E-state index contributed by atoms with van der Waals surface area (Å²) in [5, 5.41) is 0. The van der Waals surface area contributed by atoms with Gasteiger partial charge in [-0.3, -0.25) is 9.80 Å². The van der Waals surface area contributed by atoms with Crippen LogP contribution in [0.15, 0.2) is 0 Å². The molecule has 6 nitrogen and oxygen atoms in total. The number of nitrogens with zero attached hydrogens (tertiary/aromatic N) is 2. The Morgan fingerprint density at radius 1 is 0.727 bits per heavy atom. The predicted octanol–water partition coefficient (Wildman–Crippen LogP) is 0.153. The Morgan fingerprint density at radius 2 is 1.14 bits per heavy atom. The van der Waals surface area contributed by atoms with Gasteiger partial charge in [0.25, 0.3) is 0 Å². The third-order valence-corrected chi connectivity index (χ3v) is 3.90. The lowest BCUT2D eigenvalue weighted by Crippen LogP contribution is -2.37. The van der Waals surface area contributed by atoms with Crippen LogP contribution in [-0.4, -0.2) is 96.4 Å². The molecule has 0 aromatic carbocycles. The maximum atomic E-state index is 5.50. The van der Waals surface area contributed by atoms with Crippen molar-refractivity contribution < 1.29 is 18.8 Å².